The van der Waals surface area contributed by atoms with Gasteiger partial charge in [0.05, 0.1) is 18.9 Å². The van der Waals surface area contributed by atoms with Crippen molar-refractivity contribution in [2.45, 2.75) is 102 Å². The number of pyridine rings is 1. The van der Waals surface area contributed by atoms with E-state index in [9.17, 15) is 14.9 Å². The highest BCUT2D eigenvalue weighted by Crippen LogP contribution is 2.39. The van der Waals surface area contributed by atoms with Crippen molar-refractivity contribution in [3.8, 4) is 22.9 Å². The van der Waals surface area contributed by atoms with Crippen molar-refractivity contribution in [3.63, 3.8) is 0 Å². The van der Waals surface area contributed by atoms with E-state index in [4.69, 9.17) is 14.5 Å². The fraction of sp³-hybridized carbons (Fsp3) is 0.541. The molecule has 47 heavy (non-hydrogen) atoms. The highest BCUT2D eigenvalue weighted by molar-refractivity contribution is 5.94. The van der Waals surface area contributed by atoms with Crippen LogP contribution in [0, 0.1) is 23.2 Å². The van der Waals surface area contributed by atoms with Crippen LogP contribution in [0.5, 0.6) is 5.75 Å². The lowest BCUT2D eigenvalue weighted by molar-refractivity contribution is -0.124. The Morgan fingerprint density at radius 1 is 1.02 bits per heavy atom. The molecule has 0 aliphatic heterocycles. The zero-order valence-corrected chi connectivity index (χ0v) is 27.7. The summed E-state index contributed by atoms with van der Waals surface area (Å²) in [5.74, 6) is 1.94. The standard InChI is InChI=1S/C37H46N6O4/c1-24(2)43-23-31(21-40-43)29-16-17-39-35(19-29)42(36(44)27-8-13-33(14-9-27)47-37(45)41-32-11-12-32)22-25-4-6-26(7-5-25)28-10-15-34(46-3)30(18-28)20-38/h10,15-19,21,23-27,32-33H,4-9,11-14,22H2,1-3H3,(H,41,45). The third-order valence-electron chi connectivity index (χ3n) is 10.1. The molecule has 3 aromatic rings. The van der Waals surface area contributed by atoms with E-state index >= 15 is 0 Å². The number of hydrogen-bond acceptors (Lipinski definition) is 7. The molecule has 2 amide bonds. The number of alkyl carbamates (subject to hydrolysis) is 1. The number of carbonyl (C=O) groups excluding carboxylic acids is 2. The normalized spacial score (nSPS) is 22.7. The molecule has 1 N–H and O–H groups in total. The van der Waals surface area contributed by atoms with Gasteiger partial charge in [0.15, 0.2) is 0 Å². The van der Waals surface area contributed by atoms with Gasteiger partial charge in [-0.2, -0.15) is 10.4 Å². The van der Waals surface area contributed by atoms with Crippen molar-refractivity contribution >= 4 is 17.8 Å². The SMILES string of the molecule is COc1ccc(C2CCC(CN(C(=O)C3CCC(OC(=O)NC4CC4)CC3)c3cc(-c4cnn(C(C)C)c4)ccn3)CC2)cc1C#N. The lowest BCUT2D eigenvalue weighted by Crippen LogP contribution is -2.42. The fourth-order valence-electron chi connectivity index (χ4n) is 7.04. The second-order valence-electron chi connectivity index (χ2n) is 13.7. The first-order chi connectivity index (χ1) is 22.8. The van der Waals surface area contributed by atoms with Crippen molar-refractivity contribution in [2.24, 2.45) is 11.8 Å². The number of nitrogens with zero attached hydrogens (tertiary/aromatic N) is 5. The number of hydrogen-bond donors (Lipinski definition) is 1. The third-order valence-corrected chi connectivity index (χ3v) is 10.1. The molecule has 3 saturated carbocycles. The fourth-order valence-corrected chi connectivity index (χ4v) is 7.04. The minimum absolute atomic E-state index is 0.101. The van der Waals surface area contributed by atoms with E-state index in [0.717, 1.165) is 49.7 Å². The molecule has 0 saturated heterocycles. The van der Waals surface area contributed by atoms with Gasteiger partial charge in [-0.3, -0.25) is 14.4 Å². The second kappa shape index (κ2) is 14.6. The number of amides is 2. The summed E-state index contributed by atoms with van der Waals surface area (Å²) in [6.45, 7) is 4.81. The molecule has 0 unspecified atom stereocenters. The van der Waals surface area contributed by atoms with Gasteiger partial charge in [0.25, 0.3) is 0 Å². The Balaban J connectivity index is 1.16. The maximum Gasteiger partial charge on any atom is 0.407 e. The Bertz CT molecular complexity index is 1590. The minimum atomic E-state index is -0.334. The zero-order chi connectivity index (χ0) is 32.9. The summed E-state index contributed by atoms with van der Waals surface area (Å²) in [7, 11) is 1.59. The predicted octanol–water partition coefficient (Wildman–Crippen LogP) is 7.16. The van der Waals surface area contributed by atoms with Crippen LogP contribution in [0.1, 0.15) is 101 Å². The van der Waals surface area contributed by atoms with Gasteiger partial charge in [0.2, 0.25) is 5.91 Å². The number of nitriles is 1. The Morgan fingerprint density at radius 2 is 1.79 bits per heavy atom. The Kier molecular flexibility index (Phi) is 10.1. The van der Waals surface area contributed by atoms with E-state index in [2.05, 4.69) is 36.4 Å². The molecule has 3 fully saturated rings. The van der Waals surface area contributed by atoms with Gasteiger partial charge in [0.1, 0.15) is 23.7 Å². The molecule has 2 heterocycles. The molecule has 2 aromatic heterocycles. The summed E-state index contributed by atoms with van der Waals surface area (Å²) in [5.41, 5.74) is 3.72. The van der Waals surface area contributed by atoms with E-state index in [1.807, 2.05) is 46.2 Å². The van der Waals surface area contributed by atoms with Crippen LogP contribution < -0.4 is 15.0 Å². The van der Waals surface area contributed by atoms with E-state index in [1.165, 1.54) is 5.56 Å². The molecule has 0 radical (unpaired) electrons. The summed E-state index contributed by atoms with van der Waals surface area (Å²) in [6, 6.07) is 12.7. The van der Waals surface area contributed by atoms with Crippen LogP contribution in [0.2, 0.25) is 0 Å². The van der Waals surface area contributed by atoms with Crippen molar-refractivity contribution in [1.29, 1.82) is 5.26 Å². The molecule has 248 valence electrons. The van der Waals surface area contributed by atoms with Gasteiger partial charge >= 0.3 is 6.09 Å². The van der Waals surface area contributed by atoms with Gasteiger partial charge in [-0.1, -0.05) is 6.07 Å². The van der Waals surface area contributed by atoms with Crippen LogP contribution in [-0.4, -0.2) is 52.6 Å². The average molecular weight is 639 g/mol. The largest absolute Gasteiger partial charge is 0.495 e. The predicted molar refractivity (Wildman–Crippen MR) is 179 cm³/mol. The molecule has 1 aromatic carbocycles. The molecular weight excluding hydrogens is 592 g/mol. The average Bonchev–Trinajstić information content (AvgIpc) is 3.76. The topological polar surface area (TPSA) is 122 Å². The van der Waals surface area contributed by atoms with Gasteiger partial charge < -0.3 is 14.8 Å². The van der Waals surface area contributed by atoms with Crippen molar-refractivity contribution in [3.05, 3.63) is 60.0 Å². The number of carbonyl (C=O) groups is 2. The van der Waals surface area contributed by atoms with Crippen LogP contribution >= 0.6 is 0 Å². The molecule has 6 rings (SSSR count). The van der Waals surface area contributed by atoms with Gasteiger partial charge in [-0.25, -0.2) is 9.78 Å². The monoisotopic (exact) mass is 638 g/mol. The first kappa shape index (κ1) is 32.5. The van der Waals surface area contributed by atoms with Crippen LogP contribution in [0.15, 0.2) is 48.9 Å². The molecule has 0 atom stereocenters. The molecule has 10 nitrogen and oxygen atoms in total. The molecule has 3 aliphatic carbocycles. The van der Waals surface area contributed by atoms with Gasteiger partial charge in [0, 0.05) is 42.5 Å². The smallest absolute Gasteiger partial charge is 0.407 e. The summed E-state index contributed by atoms with van der Waals surface area (Å²) in [5, 5.41) is 17.0. The molecule has 10 heteroatoms. The van der Waals surface area contributed by atoms with Gasteiger partial charge in [-0.15, -0.1) is 0 Å². The molecular formula is C37H46N6O4. The lowest BCUT2D eigenvalue weighted by Gasteiger charge is -2.35. The van der Waals surface area contributed by atoms with Crippen LogP contribution in [0.4, 0.5) is 10.6 Å². The number of methoxy groups -OCH3 is 1. The summed E-state index contributed by atoms with van der Waals surface area (Å²) >= 11 is 0. The number of benzene rings is 1. The van der Waals surface area contributed by atoms with E-state index < -0.39 is 0 Å². The summed E-state index contributed by atoms with van der Waals surface area (Å²) < 4.78 is 13.0. The van der Waals surface area contributed by atoms with Crippen molar-refractivity contribution in [2.75, 3.05) is 18.6 Å². The molecule has 3 aliphatic rings. The maximum atomic E-state index is 14.3. The minimum Gasteiger partial charge on any atom is -0.495 e. The Morgan fingerprint density at radius 3 is 2.45 bits per heavy atom. The molecule has 0 bridgehead atoms. The summed E-state index contributed by atoms with van der Waals surface area (Å²) in [6.07, 6.45) is 13.9. The van der Waals surface area contributed by atoms with Crippen LogP contribution in [0.3, 0.4) is 0 Å². The quantitative estimate of drug-likeness (QED) is 0.250. The summed E-state index contributed by atoms with van der Waals surface area (Å²) in [4.78, 5) is 33.2. The number of rotatable bonds is 10. The van der Waals surface area contributed by atoms with Crippen molar-refractivity contribution in [1.82, 2.24) is 20.1 Å². The first-order valence-corrected chi connectivity index (χ1v) is 17.2. The third kappa shape index (κ3) is 7.95. The van der Waals surface area contributed by atoms with Crippen molar-refractivity contribution < 1.29 is 19.1 Å². The highest BCUT2D eigenvalue weighted by Gasteiger charge is 2.35. The maximum absolute atomic E-state index is 14.3. The number of ether oxygens (including phenoxy) is 2. The van der Waals surface area contributed by atoms with E-state index in [0.29, 0.717) is 61.2 Å². The van der Waals surface area contributed by atoms with E-state index in [-0.39, 0.29) is 36.1 Å². The highest BCUT2D eigenvalue weighted by atomic mass is 16.6. The van der Waals surface area contributed by atoms with E-state index in [1.54, 1.807) is 13.3 Å². The number of aromatic nitrogens is 3. The second-order valence-corrected chi connectivity index (χ2v) is 13.7. The van der Waals surface area contributed by atoms with Crippen LogP contribution in [-0.2, 0) is 9.53 Å². The molecule has 0 spiro atoms. The number of anilines is 1. The first-order valence-electron chi connectivity index (χ1n) is 17.2. The number of nitrogens with one attached hydrogen (secondary N) is 1. The van der Waals surface area contributed by atoms with Crippen LogP contribution in [0.25, 0.3) is 11.1 Å². The lowest BCUT2D eigenvalue weighted by atomic mass is 9.78. The Hall–Kier alpha value is -4.39. The van der Waals surface area contributed by atoms with Gasteiger partial charge in [-0.05, 0) is 125 Å². The Labute approximate surface area is 277 Å². The zero-order valence-electron chi connectivity index (χ0n) is 27.7.